The van der Waals surface area contributed by atoms with Gasteiger partial charge in [-0.1, -0.05) is 19.1 Å². The highest BCUT2D eigenvalue weighted by Gasteiger charge is 2.07. The smallest absolute Gasteiger partial charge is 0.134 e. The van der Waals surface area contributed by atoms with Crippen LogP contribution in [0.15, 0.2) is 42.5 Å². The Kier molecular flexibility index (Phi) is 5.06. The fourth-order valence-electron chi connectivity index (χ4n) is 1.97. The van der Waals surface area contributed by atoms with E-state index in [2.05, 4.69) is 0 Å². The Bertz CT molecular complexity index is 556. The zero-order valence-corrected chi connectivity index (χ0v) is 12.5. The maximum absolute atomic E-state index is 9.77. The van der Waals surface area contributed by atoms with Gasteiger partial charge in [0.2, 0.25) is 0 Å². The molecule has 2 rings (SSSR count). The highest BCUT2D eigenvalue weighted by molar-refractivity contribution is 5.44. The van der Waals surface area contributed by atoms with E-state index in [0.29, 0.717) is 29.4 Å². The molecule has 0 heterocycles. The first-order valence-corrected chi connectivity index (χ1v) is 6.85. The minimum absolute atomic E-state index is 0.434. The summed E-state index contributed by atoms with van der Waals surface area (Å²) in [4.78, 5) is 0. The number of aliphatic hydroxyl groups excluding tert-OH is 1. The van der Waals surface area contributed by atoms with Crippen LogP contribution < -0.4 is 14.2 Å². The van der Waals surface area contributed by atoms with Crippen LogP contribution >= 0.6 is 0 Å². The van der Waals surface area contributed by atoms with Crippen molar-refractivity contribution in [3.8, 4) is 23.0 Å². The SMILES string of the molecule is CC[C@@H](O)c1ccc(Oc2cc(OC)cc(OC)c2)cc1. The Balaban J connectivity index is 2.17. The van der Waals surface area contributed by atoms with Gasteiger partial charge in [0.1, 0.15) is 23.0 Å². The lowest BCUT2D eigenvalue weighted by Crippen LogP contribution is -1.95. The third-order valence-electron chi connectivity index (χ3n) is 3.21. The second kappa shape index (κ2) is 6.99. The molecule has 0 bridgehead atoms. The van der Waals surface area contributed by atoms with Crippen LogP contribution in [0.4, 0.5) is 0 Å². The lowest BCUT2D eigenvalue weighted by Gasteiger charge is -2.11. The summed E-state index contributed by atoms with van der Waals surface area (Å²) < 4.78 is 16.2. The van der Waals surface area contributed by atoms with Gasteiger partial charge in [-0.15, -0.1) is 0 Å². The molecule has 1 atom stereocenters. The molecule has 0 saturated heterocycles. The van der Waals surface area contributed by atoms with E-state index in [1.807, 2.05) is 31.2 Å². The predicted octanol–water partition coefficient (Wildman–Crippen LogP) is 3.94. The maximum Gasteiger partial charge on any atom is 0.134 e. The van der Waals surface area contributed by atoms with Crippen molar-refractivity contribution in [1.29, 1.82) is 0 Å². The third-order valence-corrected chi connectivity index (χ3v) is 3.21. The van der Waals surface area contributed by atoms with Gasteiger partial charge in [0.25, 0.3) is 0 Å². The van der Waals surface area contributed by atoms with E-state index in [0.717, 1.165) is 5.56 Å². The summed E-state index contributed by atoms with van der Waals surface area (Å²) in [6.07, 6.45) is 0.253. The second-order valence-electron chi connectivity index (χ2n) is 4.64. The standard InChI is InChI=1S/C17H20O4/c1-4-17(18)12-5-7-13(8-6-12)21-16-10-14(19-2)9-15(11-16)20-3/h5-11,17-18H,4H2,1-3H3/t17-/m1/s1. The summed E-state index contributed by atoms with van der Waals surface area (Å²) >= 11 is 0. The van der Waals surface area contributed by atoms with Gasteiger partial charge in [-0.25, -0.2) is 0 Å². The molecule has 4 nitrogen and oxygen atoms in total. The van der Waals surface area contributed by atoms with Gasteiger partial charge in [0.05, 0.1) is 20.3 Å². The predicted molar refractivity (Wildman–Crippen MR) is 81.3 cm³/mol. The number of hydrogen-bond acceptors (Lipinski definition) is 4. The molecule has 0 spiro atoms. The molecule has 0 aliphatic heterocycles. The first-order chi connectivity index (χ1) is 10.2. The Morgan fingerprint density at radius 1 is 0.857 bits per heavy atom. The van der Waals surface area contributed by atoms with Gasteiger partial charge in [0, 0.05) is 18.2 Å². The molecule has 2 aromatic carbocycles. The number of ether oxygens (including phenoxy) is 3. The summed E-state index contributed by atoms with van der Waals surface area (Å²) in [6.45, 7) is 1.94. The van der Waals surface area contributed by atoms with Crippen LogP contribution in [-0.2, 0) is 0 Å². The lowest BCUT2D eigenvalue weighted by molar-refractivity contribution is 0.173. The average molecular weight is 288 g/mol. The first-order valence-electron chi connectivity index (χ1n) is 6.85. The van der Waals surface area contributed by atoms with Crippen molar-refractivity contribution in [3.05, 3.63) is 48.0 Å². The quantitative estimate of drug-likeness (QED) is 0.874. The zero-order valence-electron chi connectivity index (χ0n) is 12.5. The van der Waals surface area contributed by atoms with Crippen molar-refractivity contribution in [2.24, 2.45) is 0 Å². The Hall–Kier alpha value is -2.20. The van der Waals surface area contributed by atoms with Gasteiger partial charge in [-0.05, 0) is 24.1 Å². The van der Waals surface area contributed by atoms with Crippen LogP contribution in [0.5, 0.6) is 23.0 Å². The molecule has 0 aliphatic carbocycles. The van der Waals surface area contributed by atoms with E-state index in [1.54, 1.807) is 32.4 Å². The molecule has 2 aromatic rings. The van der Waals surface area contributed by atoms with Gasteiger partial charge >= 0.3 is 0 Å². The molecule has 0 aromatic heterocycles. The lowest BCUT2D eigenvalue weighted by atomic mass is 10.1. The highest BCUT2D eigenvalue weighted by atomic mass is 16.5. The van der Waals surface area contributed by atoms with E-state index in [9.17, 15) is 5.11 Å². The van der Waals surface area contributed by atoms with Crippen LogP contribution in [0.3, 0.4) is 0 Å². The summed E-state index contributed by atoms with van der Waals surface area (Å²) in [5.41, 5.74) is 0.882. The fourth-order valence-corrected chi connectivity index (χ4v) is 1.97. The van der Waals surface area contributed by atoms with E-state index in [-0.39, 0.29) is 0 Å². The molecule has 4 heteroatoms. The molecule has 0 unspecified atom stereocenters. The molecule has 0 aliphatic rings. The normalized spacial score (nSPS) is 11.8. The van der Waals surface area contributed by atoms with Crippen molar-refractivity contribution < 1.29 is 19.3 Å². The van der Waals surface area contributed by atoms with Crippen LogP contribution in [0.2, 0.25) is 0 Å². The molecule has 0 fully saturated rings. The third kappa shape index (κ3) is 3.89. The molecule has 0 saturated carbocycles. The largest absolute Gasteiger partial charge is 0.496 e. The molecule has 0 amide bonds. The minimum atomic E-state index is -0.434. The molecular formula is C17H20O4. The van der Waals surface area contributed by atoms with Gasteiger partial charge in [-0.2, -0.15) is 0 Å². The fraction of sp³-hybridized carbons (Fsp3) is 0.294. The zero-order chi connectivity index (χ0) is 15.2. The van der Waals surface area contributed by atoms with Gasteiger partial charge in [0.15, 0.2) is 0 Å². The van der Waals surface area contributed by atoms with Crippen LogP contribution in [0.25, 0.3) is 0 Å². The number of rotatable bonds is 6. The Morgan fingerprint density at radius 3 is 1.86 bits per heavy atom. The van der Waals surface area contributed by atoms with Crippen molar-refractivity contribution >= 4 is 0 Å². The molecular weight excluding hydrogens is 268 g/mol. The highest BCUT2D eigenvalue weighted by Crippen LogP contribution is 2.31. The molecule has 0 radical (unpaired) electrons. The van der Waals surface area contributed by atoms with Crippen molar-refractivity contribution in [3.63, 3.8) is 0 Å². The first kappa shape index (κ1) is 15.2. The number of methoxy groups -OCH3 is 2. The van der Waals surface area contributed by atoms with Crippen LogP contribution in [-0.4, -0.2) is 19.3 Å². The number of hydrogen-bond donors (Lipinski definition) is 1. The van der Waals surface area contributed by atoms with E-state index in [1.165, 1.54) is 0 Å². The van der Waals surface area contributed by atoms with E-state index < -0.39 is 6.10 Å². The number of aliphatic hydroxyl groups is 1. The summed E-state index contributed by atoms with van der Waals surface area (Å²) in [5, 5.41) is 9.77. The van der Waals surface area contributed by atoms with Gasteiger partial charge < -0.3 is 19.3 Å². The maximum atomic E-state index is 9.77. The summed E-state index contributed by atoms with van der Waals surface area (Å²) in [7, 11) is 3.19. The topological polar surface area (TPSA) is 47.9 Å². The monoisotopic (exact) mass is 288 g/mol. The van der Waals surface area contributed by atoms with E-state index in [4.69, 9.17) is 14.2 Å². The Morgan fingerprint density at radius 2 is 1.38 bits per heavy atom. The molecule has 1 N–H and O–H groups in total. The van der Waals surface area contributed by atoms with E-state index >= 15 is 0 Å². The number of benzene rings is 2. The summed E-state index contributed by atoms with van der Waals surface area (Å²) in [5.74, 6) is 2.66. The van der Waals surface area contributed by atoms with Crippen molar-refractivity contribution in [2.45, 2.75) is 19.4 Å². The van der Waals surface area contributed by atoms with Crippen molar-refractivity contribution in [1.82, 2.24) is 0 Å². The summed E-state index contributed by atoms with van der Waals surface area (Å²) in [6, 6.07) is 12.8. The van der Waals surface area contributed by atoms with Crippen LogP contribution in [0.1, 0.15) is 25.0 Å². The van der Waals surface area contributed by atoms with Crippen molar-refractivity contribution in [2.75, 3.05) is 14.2 Å². The second-order valence-corrected chi connectivity index (χ2v) is 4.64. The van der Waals surface area contributed by atoms with Crippen LogP contribution in [0, 0.1) is 0 Å². The Labute approximate surface area is 124 Å². The molecule has 112 valence electrons. The average Bonchev–Trinajstić information content (AvgIpc) is 2.54. The minimum Gasteiger partial charge on any atom is -0.496 e. The van der Waals surface area contributed by atoms with Gasteiger partial charge in [-0.3, -0.25) is 0 Å². The molecule has 21 heavy (non-hydrogen) atoms.